The Kier molecular flexibility index (Phi) is 6.96. The molecule has 0 bridgehead atoms. The predicted octanol–water partition coefficient (Wildman–Crippen LogP) is 1.26. The number of ether oxygens (including phenoxy) is 1. The molecule has 0 aromatic heterocycles. The van der Waals surface area contributed by atoms with Crippen LogP contribution in [-0.2, 0) is 9.53 Å². The number of hydrogen-bond acceptors (Lipinski definition) is 5. The van der Waals surface area contributed by atoms with Gasteiger partial charge in [-0.3, -0.25) is 14.6 Å². The molecule has 2 aliphatic rings. The van der Waals surface area contributed by atoms with E-state index in [2.05, 4.69) is 40.1 Å². The average Bonchev–Trinajstić information content (AvgIpc) is 2.65. The van der Waals surface area contributed by atoms with Crippen molar-refractivity contribution in [2.75, 3.05) is 71.3 Å². The minimum atomic E-state index is 0.256. The van der Waals surface area contributed by atoms with Crippen molar-refractivity contribution in [2.24, 2.45) is 0 Å². The van der Waals surface area contributed by atoms with E-state index in [0.717, 1.165) is 51.6 Å². The van der Waals surface area contributed by atoms with E-state index < -0.39 is 0 Å². The Morgan fingerprint density at radius 2 is 1.62 bits per heavy atom. The summed E-state index contributed by atoms with van der Waals surface area (Å²) in [7, 11) is 0. The van der Waals surface area contributed by atoms with Crippen molar-refractivity contribution in [1.29, 1.82) is 0 Å². The van der Waals surface area contributed by atoms with Gasteiger partial charge in [-0.2, -0.15) is 0 Å². The molecule has 0 atom stereocenters. The molecule has 6 heteroatoms. The first kappa shape index (κ1) is 17.7. The highest BCUT2D eigenvalue weighted by Crippen LogP contribution is 2.17. The molecule has 1 amide bonds. The first-order chi connectivity index (χ1) is 11.8. The number of piperazine rings is 1. The number of rotatable bonds is 6. The van der Waals surface area contributed by atoms with Gasteiger partial charge in [0.2, 0.25) is 5.91 Å². The lowest BCUT2D eigenvalue weighted by Crippen LogP contribution is -2.51. The fourth-order valence-electron chi connectivity index (χ4n) is 3.08. The van der Waals surface area contributed by atoms with Gasteiger partial charge in [0.05, 0.1) is 19.8 Å². The predicted molar refractivity (Wildman–Crippen MR) is 97.4 cm³/mol. The van der Waals surface area contributed by atoms with E-state index in [1.54, 1.807) is 0 Å². The number of hydrogen-bond donors (Lipinski definition) is 0. The second-order valence-electron chi connectivity index (χ2n) is 6.27. The van der Waals surface area contributed by atoms with E-state index in [1.807, 2.05) is 16.7 Å². The number of nitrogens with zero attached hydrogens (tertiary/aromatic N) is 3. The molecule has 1 aromatic carbocycles. The molecule has 0 unspecified atom stereocenters. The number of carbonyl (C=O) groups is 1. The van der Waals surface area contributed by atoms with Gasteiger partial charge in [-0.1, -0.05) is 18.2 Å². The zero-order valence-corrected chi connectivity index (χ0v) is 15.0. The number of amides is 1. The fourth-order valence-corrected chi connectivity index (χ4v) is 4.02. The summed E-state index contributed by atoms with van der Waals surface area (Å²) in [5, 5.41) is 0. The van der Waals surface area contributed by atoms with Gasteiger partial charge >= 0.3 is 0 Å². The topological polar surface area (TPSA) is 36.0 Å². The minimum Gasteiger partial charge on any atom is -0.378 e. The lowest BCUT2D eigenvalue weighted by Gasteiger charge is -2.36. The van der Waals surface area contributed by atoms with E-state index in [4.69, 9.17) is 4.74 Å². The van der Waals surface area contributed by atoms with E-state index in [1.165, 1.54) is 4.90 Å². The number of carbonyl (C=O) groups excluding carboxylic acids is 1. The lowest BCUT2D eigenvalue weighted by atomic mass is 10.3. The largest absolute Gasteiger partial charge is 0.378 e. The Bertz CT molecular complexity index is 500. The van der Waals surface area contributed by atoms with Crippen LogP contribution in [0.1, 0.15) is 0 Å². The molecule has 24 heavy (non-hydrogen) atoms. The summed E-state index contributed by atoms with van der Waals surface area (Å²) in [6, 6.07) is 10.6. The molecule has 2 saturated heterocycles. The van der Waals surface area contributed by atoms with Crippen LogP contribution in [0.15, 0.2) is 35.2 Å². The highest BCUT2D eigenvalue weighted by atomic mass is 32.2. The van der Waals surface area contributed by atoms with Gasteiger partial charge in [-0.15, -0.1) is 11.8 Å². The zero-order chi connectivity index (χ0) is 16.6. The van der Waals surface area contributed by atoms with Crippen LogP contribution in [0.4, 0.5) is 0 Å². The highest BCUT2D eigenvalue weighted by Gasteiger charge is 2.22. The van der Waals surface area contributed by atoms with Crippen LogP contribution in [-0.4, -0.2) is 91.9 Å². The Morgan fingerprint density at radius 3 is 2.33 bits per heavy atom. The molecule has 3 rings (SSSR count). The van der Waals surface area contributed by atoms with Gasteiger partial charge in [0.1, 0.15) is 0 Å². The Morgan fingerprint density at radius 1 is 0.958 bits per heavy atom. The number of thioether (sulfide) groups is 1. The van der Waals surface area contributed by atoms with Crippen LogP contribution in [0.25, 0.3) is 0 Å². The molecule has 0 radical (unpaired) electrons. The fraction of sp³-hybridized carbons (Fsp3) is 0.611. The van der Waals surface area contributed by atoms with Crippen molar-refractivity contribution in [3.8, 4) is 0 Å². The molecule has 2 heterocycles. The SMILES string of the molecule is O=C(CN1CCN(CCSc2ccccc2)CC1)N1CCOCC1. The lowest BCUT2D eigenvalue weighted by molar-refractivity contribution is -0.136. The summed E-state index contributed by atoms with van der Waals surface area (Å²) >= 11 is 1.92. The van der Waals surface area contributed by atoms with Gasteiger partial charge in [-0.05, 0) is 12.1 Å². The Hall–Kier alpha value is -1.08. The maximum Gasteiger partial charge on any atom is 0.236 e. The normalized spacial score (nSPS) is 20.2. The summed E-state index contributed by atoms with van der Waals surface area (Å²) in [6.45, 7) is 8.63. The molecular formula is C18H27N3O2S. The average molecular weight is 350 g/mol. The second kappa shape index (κ2) is 9.42. The molecule has 2 aliphatic heterocycles. The van der Waals surface area contributed by atoms with Crippen molar-refractivity contribution < 1.29 is 9.53 Å². The second-order valence-corrected chi connectivity index (χ2v) is 7.44. The van der Waals surface area contributed by atoms with Gasteiger partial charge in [0.25, 0.3) is 0 Å². The summed E-state index contributed by atoms with van der Waals surface area (Å²) in [5.41, 5.74) is 0. The summed E-state index contributed by atoms with van der Waals surface area (Å²) in [5.74, 6) is 1.38. The summed E-state index contributed by atoms with van der Waals surface area (Å²) in [6.07, 6.45) is 0. The van der Waals surface area contributed by atoms with Gasteiger partial charge in [0.15, 0.2) is 0 Å². The molecule has 0 N–H and O–H groups in total. The quantitative estimate of drug-likeness (QED) is 0.723. The third-order valence-corrected chi connectivity index (χ3v) is 5.60. The zero-order valence-electron chi connectivity index (χ0n) is 14.2. The molecule has 132 valence electrons. The van der Waals surface area contributed by atoms with Crippen LogP contribution in [0, 0.1) is 0 Å². The summed E-state index contributed by atoms with van der Waals surface area (Å²) in [4.78, 5) is 20.4. The standard InChI is InChI=1S/C18H27N3O2S/c22-18(21-10-13-23-14-11-21)16-20-8-6-19(7-9-20)12-15-24-17-4-2-1-3-5-17/h1-5H,6-16H2. The Labute approximate surface area is 148 Å². The monoisotopic (exact) mass is 349 g/mol. The first-order valence-electron chi connectivity index (χ1n) is 8.79. The molecule has 1 aromatic rings. The van der Waals surface area contributed by atoms with Crippen LogP contribution in [0.5, 0.6) is 0 Å². The van der Waals surface area contributed by atoms with Crippen LogP contribution >= 0.6 is 11.8 Å². The van der Waals surface area contributed by atoms with Crippen molar-refractivity contribution in [2.45, 2.75) is 4.90 Å². The molecular weight excluding hydrogens is 322 g/mol. The van der Waals surface area contributed by atoms with Gasteiger partial charge in [-0.25, -0.2) is 0 Å². The van der Waals surface area contributed by atoms with Crippen LogP contribution in [0.3, 0.4) is 0 Å². The maximum absolute atomic E-state index is 12.3. The molecule has 0 aliphatic carbocycles. The van der Waals surface area contributed by atoms with E-state index in [9.17, 15) is 4.79 Å². The summed E-state index contributed by atoms with van der Waals surface area (Å²) < 4.78 is 5.31. The molecule has 0 spiro atoms. The maximum atomic E-state index is 12.3. The third kappa shape index (κ3) is 5.48. The van der Waals surface area contributed by atoms with Crippen LogP contribution < -0.4 is 0 Å². The van der Waals surface area contributed by atoms with Crippen molar-refractivity contribution in [3.05, 3.63) is 30.3 Å². The first-order valence-corrected chi connectivity index (χ1v) is 9.78. The van der Waals surface area contributed by atoms with Gasteiger partial charge < -0.3 is 9.64 Å². The van der Waals surface area contributed by atoms with E-state index >= 15 is 0 Å². The Balaban J connectivity index is 1.31. The van der Waals surface area contributed by atoms with Crippen molar-refractivity contribution >= 4 is 17.7 Å². The van der Waals surface area contributed by atoms with Crippen molar-refractivity contribution in [3.63, 3.8) is 0 Å². The molecule has 2 fully saturated rings. The van der Waals surface area contributed by atoms with Crippen LogP contribution in [0.2, 0.25) is 0 Å². The third-order valence-electron chi connectivity index (χ3n) is 4.61. The highest BCUT2D eigenvalue weighted by molar-refractivity contribution is 7.99. The minimum absolute atomic E-state index is 0.256. The smallest absolute Gasteiger partial charge is 0.236 e. The van der Waals surface area contributed by atoms with E-state index in [0.29, 0.717) is 19.8 Å². The number of morpholine rings is 1. The van der Waals surface area contributed by atoms with E-state index in [-0.39, 0.29) is 5.91 Å². The number of benzene rings is 1. The van der Waals surface area contributed by atoms with Crippen molar-refractivity contribution in [1.82, 2.24) is 14.7 Å². The molecule has 0 saturated carbocycles. The van der Waals surface area contributed by atoms with Gasteiger partial charge in [0, 0.05) is 56.5 Å². The molecule has 5 nitrogen and oxygen atoms in total.